The summed E-state index contributed by atoms with van der Waals surface area (Å²) in [5.41, 5.74) is 0.564. The van der Waals surface area contributed by atoms with E-state index in [0.29, 0.717) is 5.56 Å². The van der Waals surface area contributed by atoms with E-state index in [4.69, 9.17) is 11.6 Å². The first-order valence-electron chi connectivity index (χ1n) is 4.81. The van der Waals surface area contributed by atoms with Gasteiger partial charge in [-0.2, -0.15) is 0 Å². The smallest absolute Gasteiger partial charge is 0.339 e. The van der Waals surface area contributed by atoms with Gasteiger partial charge in [0, 0.05) is 5.33 Å². The van der Waals surface area contributed by atoms with Gasteiger partial charge >= 0.3 is 5.97 Å². The standard InChI is InChI=1S/C11H12BrClO4/c1-17-11(16)7-4-6(2-3-8(7)13)10(15)9(14)5-12/h2-4,9-10,14-15H,5H2,1H3. The first-order valence-corrected chi connectivity index (χ1v) is 6.31. The van der Waals surface area contributed by atoms with Crippen molar-refractivity contribution >= 4 is 33.5 Å². The molecule has 0 saturated carbocycles. The van der Waals surface area contributed by atoms with Crippen LogP contribution >= 0.6 is 27.5 Å². The summed E-state index contributed by atoms with van der Waals surface area (Å²) >= 11 is 8.89. The lowest BCUT2D eigenvalue weighted by molar-refractivity contribution is 0.0341. The fourth-order valence-electron chi connectivity index (χ4n) is 1.30. The van der Waals surface area contributed by atoms with Gasteiger partial charge in [0.05, 0.1) is 23.8 Å². The number of ether oxygens (including phenoxy) is 1. The Morgan fingerprint density at radius 3 is 2.71 bits per heavy atom. The molecule has 0 aliphatic carbocycles. The van der Waals surface area contributed by atoms with Crippen molar-refractivity contribution in [1.82, 2.24) is 0 Å². The minimum Gasteiger partial charge on any atom is -0.465 e. The van der Waals surface area contributed by atoms with Crippen LogP contribution in [-0.4, -0.2) is 34.7 Å². The summed E-state index contributed by atoms with van der Waals surface area (Å²) in [5, 5.41) is 19.7. The summed E-state index contributed by atoms with van der Waals surface area (Å²) in [7, 11) is 1.25. The van der Waals surface area contributed by atoms with E-state index in [1.165, 1.54) is 19.2 Å². The Kier molecular flexibility index (Phi) is 5.39. The number of esters is 1. The fourth-order valence-corrected chi connectivity index (χ4v) is 1.85. The molecule has 17 heavy (non-hydrogen) atoms. The van der Waals surface area contributed by atoms with Gasteiger partial charge in [-0.05, 0) is 17.7 Å². The molecule has 0 aliphatic heterocycles. The Bertz CT molecular complexity index is 410. The maximum absolute atomic E-state index is 11.4. The van der Waals surface area contributed by atoms with Gasteiger partial charge in [-0.3, -0.25) is 0 Å². The van der Waals surface area contributed by atoms with Gasteiger partial charge in [-0.25, -0.2) is 4.79 Å². The highest BCUT2D eigenvalue weighted by Gasteiger charge is 2.20. The Labute approximate surface area is 112 Å². The van der Waals surface area contributed by atoms with Crippen molar-refractivity contribution in [3.63, 3.8) is 0 Å². The molecule has 0 aliphatic rings. The SMILES string of the molecule is COC(=O)c1cc(C(O)C(O)CBr)ccc1Cl. The van der Waals surface area contributed by atoms with Crippen LogP contribution in [0.3, 0.4) is 0 Å². The molecule has 0 fully saturated rings. The van der Waals surface area contributed by atoms with Crippen LogP contribution in [0.15, 0.2) is 18.2 Å². The molecule has 0 radical (unpaired) electrons. The molecule has 2 unspecified atom stereocenters. The largest absolute Gasteiger partial charge is 0.465 e. The number of hydrogen-bond acceptors (Lipinski definition) is 4. The molecule has 0 saturated heterocycles. The highest BCUT2D eigenvalue weighted by Crippen LogP contribution is 2.24. The van der Waals surface area contributed by atoms with Gasteiger partial charge in [0.1, 0.15) is 6.10 Å². The molecule has 2 N–H and O–H groups in total. The van der Waals surface area contributed by atoms with Crippen molar-refractivity contribution in [3.8, 4) is 0 Å². The van der Waals surface area contributed by atoms with E-state index in [2.05, 4.69) is 20.7 Å². The Morgan fingerprint density at radius 1 is 1.53 bits per heavy atom. The van der Waals surface area contributed by atoms with Crippen LogP contribution in [0.2, 0.25) is 5.02 Å². The molecule has 6 heteroatoms. The number of aliphatic hydroxyl groups is 2. The molecule has 0 aromatic heterocycles. The molecule has 1 aromatic carbocycles. The highest BCUT2D eigenvalue weighted by atomic mass is 79.9. The molecule has 0 bridgehead atoms. The molecule has 1 aromatic rings. The summed E-state index contributed by atoms with van der Waals surface area (Å²) in [5.74, 6) is -0.586. The third-order valence-corrected chi connectivity index (χ3v) is 3.25. The number of hydrogen-bond donors (Lipinski definition) is 2. The third-order valence-electron chi connectivity index (χ3n) is 2.26. The molecule has 0 amide bonds. The fraction of sp³-hybridized carbons (Fsp3) is 0.364. The second-order valence-electron chi connectivity index (χ2n) is 3.40. The van der Waals surface area contributed by atoms with Crippen molar-refractivity contribution in [1.29, 1.82) is 0 Å². The van der Waals surface area contributed by atoms with Crippen molar-refractivity contribution in [2.45, 2.75) is 12.2 Å². The van der Waals surface area contributed by atoms with Crippen LogP contribution in [0.4, 0.5) is 0 Å². The van der Waals surface area contributed by atoms with Gasteiger partial charge in [-0.15, -0.1) is 0 Å². The number of carbonyl (C=O) groups excluding carboxylic acids is 1. The summed E-state index contributed by atoms with van der Waals surface area (Å²) in [6, 6.07) is 4.43. The lowest BCUT2D eigenvalue weighted by atomic mass is 10.0. The lowest BCUT2D eigenvalue weighted by Crippen LogP contribution is -2.20. The average Bonchev–Trinajstić information content (AvgIpc) is 2.36. The maximum atomic E-state index is 11.4. The van der Waals surface area contributed by atoms with Crippen molar-refractivity contribution in [2.24, 2.45) is 0 Å². The monoisotopic (exact) mass is 322 g/mol. The first kappa shape index (κ1) is 14.4. The number of aliphatic hydroxyl groups excluding tert-OH is 2. The highest BCUT2D eigenvalue weighted by molar-refractivity contribution is 9.09. The summed E-state index contributed by atoms with van der Waals surface area (Å²) in [6.07, 6.45) is -2.04. The molecule has 94 valence electrons. The summed E-state index contributed by atoms with van der Waals surface area (Å²) in [6.45, 7) is 0. The Morgan fingerprint density at radius 2 is 2.18 bits per heavy atom. The predicted molar refractivity (Wildman–Crippen MR) is 67.6 cm³/mol. The lowest BCUT2D eigenvalue weighted by Gasteiger charge is -2.16. The number of carbonyl (C=O) groups is 1. The molecule has 2 atom stereocenters. The number of rotatable bonds is 4. The zero-order chi connectivity index (χ0) is 13.0. The van der Waals surface area contributed by atoms with Crippen LogP contribution in [0.5, 0.6) is 0 Å². The van der Waals surface area contributed by atoms with E-state index < -0.39 is 18.2 Å². The van der Waals surface area contributed by atoms with Crippen LogP contribution in [0.1, 0.15) is 22.0 Å². The molecule has 1 rings (SSSR count). The second-order valence-corrected chi connectivity index (χ2v) is 4.45. The molecule has 0 heterocycles. The number of halogens is 2. The summed E-state index contributed by atoms with van der Waals surface area (Å²) < 4.78 is 4.56. The van der Waals surface area contributed by atoms with Gasteiger partial charge < -0.3 is 14.9 Å². The molecular formula is C11H12BrClO4. The topological polar surface area (TPSA) is 66.8 Å². The minimum absolute atomic E-state index is 0.160. The third kappa shape index (κ3) is 3.42. The quantitative estimate of drug-likeness (QED) is 0.656. The van der Waals surface area contributed by atoms with E-state index in [9.17, 15) is 15.0 Å². The number of methoxy groups -OCH3 is 1. The average molecular weight is 324 g/mol. The predicted octanol–water partition coefficient (Wildman–Crippen LogP) is 1.92. The van der Waals surface area contributed by atoms with Gasteiger partial charge in [-0.1, -0.05) is 33.6 Å². The van der Waals surface area contributed by atoms with Crippen LogP contribution < -0.4 is 0 Å². The Balaban J connectivity index is 3.08. The van der Waals surface area contributed by atoms with Gasteiger partial charge in [0.2, 0.25) is 0 Å². The first-order chi connectivity index (χ1) is 8.01. The van der Waals surface area contributed by atoms with Gasteiger partial charge in [0.15, 0.2) is 0 Å². The van der Waals surface area contributed by atoms with Crippen molar-refractivity contribution < 1.29 is 19.7 Å². The van der Waals surface area contributed by atoms with E-state index in [1.54, 1.807) is 6.07 Å². The normalized spacial score (nSPS) is 14.2. The molecular weight excluding hydrogens is 311 g/mol. The van der Waals surface area contributed by atoms with E-state index in [1.807, 2.05) is 0 Å². The second kappa shape index (κ2) is 6.35. The van der Waals surface area contributed by atoms with E-state index >= 15 is 0 Å². The minimum atomic E-state index is -1.09. The number of benzene rings is 1. The van der Waals surface area contributed by atoms with E-state index in [-0.39, 0.29) is 15.9 Å². The molecule has 0 spiro atoms. The van der Waals surface area contributed by atoms with E-state index in [0.717, 1.165) is 0 Å². The van der Waals surface area contributed by atoms with Crippen LogP contribution in [0.25, 0.3) is 0 Å². The van der Waals surface area contributed by atoms with Crippen LogP contribution in [-0.2, 0) is 4.74 Å². The summed E-state index contributed by atoms with van der Waals surface area (Å²) in [4.78, 5) is 11.4. The zero-order valence-corrected chi connectivity index (χ0v) is 11.4. The zero-order valence-electron chi connectivity index (χ0n) is 9.06. The van der Waals surface area contributed by atoms with Crippen molar-refractivity contribution in [3.05, 3.63) is 34.3 Å². The number of alkyl halides is 1. The van der Waals surface area contributed by atoms with Crippen LogP contribution in [0, 0.1) is 0 Å². The Hall–Kier alpha value is -0.620. The molecule has 4 nitrogen and oxygen atoms in total. The van der Waals surface area contributed by atoms with Gasteiger partial charge in [0.25, 0.3) is 0 Å². The van der Waals surface area contributed by atoms with Crippen molar-refractivity contribution in [2.75, 3.05) is 12.4 Å². The maximum Gasteiger partial charge on any atom is 0.339 e.